The Bertz CT molecular complexity index is 821. The number of amides is 2. The maximum absolute atomic E-state index is 13.5. The number of carbonyl (C=O) groups is 2. The van der Waals surface area contributed by atoms with E-state index in [0.717, 1.165) is 0 Å². The molecule has 2 rings (SSSR count). The summed E-state index contributed by atoms with van der Waals surface area (Å²) in [4.78, 5) is 22.7. The number of rotatable bonds is 8. The second-order valence-corrected chi connectivity index (χ2v) is 5.31. The molecule has 0 aliphatic heterocycles. The highest BCUT2D eigenvalue weighted by Crippen LogP contribution is 2.28. The van der Waals surface area contributed by atoms with E-state index in [1.807, 2.05) is 0 Å². The van der Waals surface area contributed by atoms with Crippen LogP contribution < -0.4 is 20.5 Å². The van der Waals surface area contributed by atoms with Gasteiger partial charge in [-0.1, -0.05) is 24.3 Å². The third-order valence-electron chi connectivity index (χ3n) is 3.40. The van der Waals surface area contributed by atoms with Gasteiger partial charge in [0.25, 0.3) is 5.91 Å². The van der Waals surface area contributed by atoms with Gasteiger partial charge in [-0.3, -0.25) is 9.59 Å². The lowest BCUT2D eigenvalue weighted by Crippen LogP contribution is -2.20. The molecule has 0 bridgehead atoms. The van der Waals surface area contributed by atoms with Crippen LogP contribution in [0.3, 0.4) is 0 Å². The molecule has 0 aromatic heterocycles. The van der Waals surface area contributed by atoms with Crippen molar-refractivity contribution in [2.24, 2.45) is 5.73 Å². The lowest BCUT2D eigenvalue weighted by atomic mass is 10.2. The van der Waals surface area contributed by atoms with E-state index in [0.29, 0.717) is 22.6 Å². The molecular weight excluding hydrogens is 339 g/mol. The van der Waals surface area contributed by atoms with E-state index in [1.54, 1.807) is 42.5 Å². The molecule has 0 atom stereocenters. The molecule has 0 aliphatic rings. The predicted octanol–water partition coefficient (Wildman–Crippen LogP) is 2.03. The number of carbonyl (C=O) groups excluding carboxylic acids is 2. The van der Waals surface area contributed by atoms with Crippen LogP contribution in [-0.4, -0.2) is 25.5 Å². The van der Waals surface area contributed by atoms with Gasteiger partial charge in [0.05, 0.1) is 7.11 Å². The summed E-state index contributed by atoms with van der Waals surface area (Å²) in [6, 6.07) is 11.2. The van der Waals surface area contributed by atoms with Crippen molar-refractivity contribution in [1.29, 1.82) is 0 Å². The fourth-order valence-electron chi connectivity index (χ4n) is 2.11. The van der Waals surface area contributed by atoms with Gasteiger partial charge in [0.15, 0.2) is 18.1 Å². The number of benzene rings is 2. The third-order valence-corrected chi connectivity index (χ3v) is 3.40. The highest BCUT2D eigenvalue weighted by atomic mass is 19.1. The van der Waals surface area contributed by atoms with Gasteiger partial charge in [0.1, 0.15) is 5.82 Å². The third kappa shape index (κ3) is 5.62. The van der Waals surface area contributed by atoms with Crippen LogP contribution in [0.25, 0.3) is 6.08 Å². The molecular formula is C19H19FN2O4. The van der Waals surface area contributed by atoms with Crippen molar-refractivity contribution >= 4 is 17.9 Å². The summed E-state index contributed by atoms with van der Waals surface area (Å²) in [6.07, 6.45) is 2.91. The Morgan fingerprint density at radius 3 is 2.65 bits per heavy atom. The summed E-state index contributed by atoms with van der Waals surface area (Å²) in [5, 5.41) is 2.61. The van der Waals surface area contributed by atoms with Crippen LogP contribution in [0.4, 0.5) is 4.39 Å². The molecule has 7 heteroatoms. The fraction of sp³-hybridized carbons (Fsp3) is 0.158. The van der Waals surface area contributed by atoms with Crippen LogP contribution >= 0.6 is 0 Å². The van der Waals surface area contributed by atoms with Crippen molar-refractivity contribution in [3.63, 3.8) is 0 Å². The molecule has 26 heavy (non-hydrogen) atoms. The van der Waals surface area contributed by atoms with Gasteiger partial charge in [-0.2, -0.15) is 0 Å². The first-order valence-electron chi connectivity index (χ1n) is 7.78. The molecule has 136 valence electrons. The average molecular weight is 358 g/mol. The smallest absolute Gasteiger partial charge is 0.255 e. The van der Waals surface area contributed by atoms with Crippen molar-refractivity contribution in [3.8, 4) is 11.5 Å². The van der Waals surface area contributed by atoms with Crippen LogP contribution in [0, 0.1) is 5.82 Å². The quantitative estimate of drug-likeness (QED) is 0.707. The van der Waals surface area contributed by atoms with Crippen molar-refractivity contribution in [2.75, 3.05) is 13.7 Å². The van der Waals surface area contributed by atoms with Crippen LogP contribution in [0.5, 0.6) is 11.5 Å². The Balaban J connectivity index is 1.97. The number of methoxy groups -OCH3 is 1. The maximum atomic E-state index is 13.5. The van der Waals surface area contributed by atoms with E-state index in [1.165, 1.54) is 19.3 Å². The topological polar surface area (TPSA) is 90.7 Å². The van der Waals surface area contributed by atoms with Crippen molar-refractivity contribution in [2.45, 2.75) is 6.54 Å². The highest BCUT2D eigenvalue weighted by molar-refractivity contribution is 5.91. The largest absolute Gasteiger partial charge is 0.493 e. The SMILES string of the molecule is COc1cc(/C=C/C(=O)NCc2ccccc2F)ccc1OCC(N)=O. The standard InChI is InChI=1S/C19H19FN2O4/c1-25-17-10-13(6-8-16(17)26-12-18(21)23)7-9-19(24)22-11-14-4-2-3-5-15(14)20/h2-10H,11-12H2,1H3,(H2,21,23)(H,22,24)/b9-7+. The maximum Gasteiger partial charge on any atom is 0.255 e. The molecule has 0 heterocycles. The summed E-state index contributed by atoms with van der Waals surface area (Å²) in [5.74, 6) is -0.551. The molecule has 0 fully saturated rings. The van der Waals surface area contributed by atoms with Crippen LogP contribution in [0.15, 0.2) is 48.5 Å². The van der Waals surface area contributed by atoms with E-state index < -0.39 is 5.91 Å². The van der Waals surface area contributed by atoms with E-state index in [-0.39, 0.29) is 24.9 Å². The number of primary amides is 1. The molecule has 2 aromatic rings. The summed E-state index contributed by atoms with van der Waals surface area (Å²) in [7, 11) is 1.46. The molecule has 0 saturated heterocycles. The average Bonchev–Trinajstić information content (AvgIpc) is 2.64. The minimum absolute atomic E-state index is 0.0963. The minimum atomic E-state index is -0.595. The van der Waals surface area contributed by atoms with Crippen molar-refractivity contribution in [3.05, 3.63) is 65.5 Å². The fourth-order valence-corrected chi connectivity index (χ4v) is 2.11. The van der Waals surface area contributed by atoms with Gasteiger partial charge in [-0.05, 0) is 29.8 Å². The monoisotopic (exact) mass is 358 g/mol. The second-order valence-electron chi connectivity index (χ2n) is 5.31. The number of hydrogen-bond acceptors (Lipinski definition) is 4. The zero-order valence-electron chi connectivity index (χ0n) is 14.2. The van der Waals surface area contributed by atoms with Crippen LogP contribution in [0.1, 0.15) is 11.1 Å². The Labute approximate surface area is 150 Å². The first kappa shape index (κ1) is 19.0. The number of halogens is 1. The zero-order chi connectivity index (χ0) is 18.9. The van der Waals surface area contributed by atoms with Crippen LogP contribution in [-0.2, 0) is 16.1 Å². The Kier molecular flexibility index (Phi) is 6.73. The zero-order valence-corrected chi connectivity index (χ0v) is 14.2. The van der Waals surface area contributed by atoms with Gasteiger partial charge in [-0.15, -0.1) is 0 Å². The minimum Gasteiger partial charge on any atom is -0.493 e. The summed E-state index contributed by atoms with van der Waals surface area (Å²) in [6.45, 7) is -0.164. The number of nitrogens with one attached hydrogen (secondary N) is 1. The Morgan fingerprint density at radius 1 is 1.19 bits per heavy atom. The number of nitrogens with two attached hydrogens (primary N) is 1. The molecule has 0 radical (unpaired) electrons. The van der Waals surface area contributed by atoms with Crippen molar-refractivity contribution < 1.29 is 23.5 Å². The van der Waals surface area contributed by atoms with Gasteiger partial charge in [0.2, 0.25) is 5.91 Å². The molecule has 2 amide bonds. The van der Waals surface area contributed by atoms with Gasteiger partial charge in [0, 0.05) is 18.2 Å². The number of ether oxygens (including phenoxy) is 2. The molecule has 0 unspecified atom stereocenters. The van der Waals surface area contributed by atoms with Crippen molar-refractivity contribution in [1.82, 2.24) is 5.32 Å². The van der Waals surface area contributed by atoms with E-state index >= 15 is 0 Å². The molecule has 0 aliphatic carbocycles. The van der Waals surface area contributed by atoms with E-state index in [2.05, 4.69) is 5.32 Å². The number of hydrogen-bond donors (Lipinski definition) is 2. The first-order valence-corrected chi connectivity index (χ1v) is 7.78. The first-order chi connectivity index (χ1) is 12.5. The molecule has 0 saturated carbocycles. The predicted molar refractivity (Wildman–Crippen MR) is 95.0 cm³/mol. The Hall–Kier alpha value is -3.35. The van der Waals surface area contributed by atoms with Crippen LogP contribution in [0.2, 0.25) is 0 Å². The lowest BCUT2D eigenvalue weighted by Gasteiger charge is -2.10. The summed E-state index contributed by atoms with van der Waals surface area (Å²) in [5.41, 5.74) is 6.14. The second kappa shape index (κ2) is 9.22. The molecule has 6 nitrogen and oxygen atoms in total. The normalized spacial score (nSPS) is 10.5. The van der Waals surface area contributed by atoms with Gasteiger partial charge in [-0.25, -0.2) is 4.39 Å². The van der Waals surface area contributed by atoms with Gasteiger partial charge >= 0.3 is 0 Å². The van der Waals surface area contributed by atoms with E-state index in [9.17, 15) is 14.0 Å². The highest BCUT2D eigenvalue weighted by Gasteiger charge is 2.07. The molecule has 3 N–H and O–H groups in total. The lowest BCUT2D eigenvalue weighted by molar-refractivity contribution is -0.120. The molecule has 0 spiro atoms. The molecule has 2 aromatic carbocycles. The summed E-state index contributed by atoms with van der Waals surface area (Å²) >= 11 is 0. The van der Waals surface area contributed by atoms with Gasteiger partial charge < -0.3 is 20.5 Å². The van der Waals surface area contributed by atoms with E-state index in [4.69, 9.17) is 15.2 Å². The summed E-state index contributed by atoms with van der Waals surface area (Å²) < 4.78 is 23.9. The Morgan fingerprint density at radius 2 is 1.96 bits per heavy atom.